The SMILES string of the molecule is C=CCOC(=O)[C@@H](N)[C@@H](C)O.Cc1ccc(S(=O)(=O)O)cc1. The van der Waals surface area contributed by atoms with Crippen LogP contribution in [-0.4, -0.2) is 42.8 Å². The van der Waals surface area contributed by atoms with Crippen molar-refractivity contribution in [3.05, 3.63) is 42.5 Å². The van der Waals surface area contributed by atoms with E-state index in [-0.39, 0.29) is 11.5 Å². The van der Waals surface area contributed by atoms with Gasteiger partial charge in [0.15, 0.2) is 0 Å². The van der Waals surface area contributed by atoms with Gasteiger partial charge in [0.1, 0.15) is 12.6 Å². The van der Waals surface area contributed by atoms with E-state index in [9.17, 15) is 13.2 Å². The fraction of sp³-hybridized carbons (Fsp3) is 0.357. The first-order chi connectivity index (χ1) is 10.1. The number of hydrogen-bond acceptors (Lipinski definition) is 6. The molecular weight excluding hydrogens is 310 g/mol. The number of hydrogen-bond donors (Lipinski definition) is 3. The van der Waals surface area contributed by atoms with E-state index in [1.54, 1.807) is 12.1 Å². The zero-order chi connectivity index (χ0) is 17.3. The summed E-state index contributed by atoms with van der Waals surface area (Å²) in [6.45, 7) is 6.75. The molecule has 8 heteroatoms. The van der Waals surface area contributed by atoms with E-state index in [0.717, 1.165) is 5.56 Å². The van der Waals surface area contributed by atoms with Crippen LogP contribution >= 0.6 is 0 Å². The van der Waals surface area contributed by atoms with E-state index in [1.165, 1.54) is 25.1 Å². The quantitative estimate of drug-likeness (QED) is 0.411. The van der Waals surface area contributed by atoms with Crippen molar-refractivity contribution < 1.29 is 27.6 Å². The second-order valence-electron chi connectivity index (χ2n) is 4.47. The fourth-order valence-electron chi connectivity index (χ4n) is 1.14. The summed E-state index contributed by atoms with van der Waals surface area (Å²) >= 11 is 0. The Morgan fingerprint density at radius 1 is 1.41 bits per heavy atom. The highest BCUT2D eigenvalue weighted by Gasteiger charge is 2.19. The molecule has 0 aliphatic rings. The van der Waals surface area contributed by atoms with E-state index in [4.69, 9.17) is 15.4 Å². The molecule has 124 valence electrons. The third kappa shape index (κ3) is 7.89. The smallest absolute Gasteiger partial charge is 0.325 e. The zero-order valence-electron chi connectivity index (χ0n) is 12.5. The average molecular weight is 331 g/mol. The van der Waals surface area contributed by atoms with Crippen LogP contribution in [0.25, 0.3) is 0 Å². The van der Waals surface area contributed by atoms with Gasteiger partial charge in [0.25, 0.3) is 10.1 Å². The van der Waals surface area contributed by atoms with Gasteiger partial charge in [-0.05, 0) is 26.0 Å². The van der Waals surface area contributed by atoms with Gasteiger partial charge in [-0.3, -0.25) is 9.35 Å². The maximum Gasteiger partial charge on any atom is 0.325 e. The molecule has 0 spiro atoms. The topological polar surface area (TPSA) is 127 Å². The van der Waals surface area contributed by atoms with E-state index in [1.807, 2.05) is 6.92 Å². The number of nitrogens with two attached hydrogens (primary N) is 1. The highest BCUT2D eigenvalue weighted by Crippen LogP contribution is 2.08. The van der Waals surface area contributed by atoms with Crippen molar-refractivity contribution in [2.75, 3.05) is 6.61 Å². The second-order valence-corrected chi connectivity index (χ2v) is 5.89. The molecule has 0 bridgehead atoms. The molecule has 7 nitrogen and oxygen atoms in total. The number of carbonyl (C=O) groups excluding carboxylic acids is 1. The predicted molar refractivity (Wildman–Crippen MR) is 81.8 cm³/mol. The van der Waals surface area contributed by atoms with Crippen molar-refractivity contribution in [1.29, 1.82) is 0 Å². The second kappa shape index (κ2) is 9.31. The minimum absolute atomic E-state index is 0.0666. The summed E-state index contributed by atoms with van der Waals surface area (Å²) in [5.74, 6) is -0.611. The molecule has 1 aromatic carbocycles. The largest absolute Gasteiger partial charge is 0.460 e. The third-order valence-corrected chi connectivity index (χ3v) is 3.32. The summed E-state index contributed by atoms with van der Waals surface area (Å²) in [5.41, 5.74) is 6.20. The highest BCUT2D eigenvalue weighted by atomic mass is 32.2. The summed E-state index contributed by atoms with van der Waals surface area (Å²) < 4.78 is 34.1. The highest BCUT2D eigenvalue weighted by molar-refractivity contribution is 7.85. The number of rotatable bonds is 5. The maximum atomic E-state index is 10.8. The van der Waals surface area contributed by atoms with Crippen LogP contribution in [-0.2, 0) is 19.6 Å². The molecule has 0 aromatic heterocycles. The third-order valence-electron chi connectivity index (χ3n) is 2.45. The van der Waals surface area contributed by atoms with Gasteiger partial charge in [0.2, 0.25) is 0 Å². The lowest BCUT2D eigenvalue weighted by molar-refractivity contribution is -0.146. The number of benzene rings is 1. The van der Waals surface area contributed by atoms with Crippen molar-refractivity contribution in [1.82, 2.24) is 0 Å². The summed E-state index contributed by atoms with van der Waals surface area (Å²) in [7, 11) is -4.02. The summed E-state index contributed by atoms with van der Waals surface area (Å²) in [5, 5.41) is 8.84. The van der Waals surface area contributed by atoms with Crippen LogP contribution in [0.3, 0.4) is 0 Å². The molecule has 0 radical (unpaired) electrons. The molecule has 0 amide bonds. The summed E-state index contributed by atoms with van der Waals surface area (Å²) in [6.07, 6.45) is 0.555. The van der Waals surface area contributed by atoms with Gasteiger partial charge in [0.05, 0.1) is 11.0 Å². The normalized spacial score (nSPS) is 13.3. The Bertz CT molecular complexity index is 580. The number of aliphatic hydroxyl groups excluding tert-OH is 1. The average Bonchev–Trinajstić information content (AvgIpc) is 2.44. The molecule has 0 heterocycles. The Morgan fingerprint density at radius 2 is 1.91 bits per heavy atom. The van der Waals surface area contributed by atoms with Crippen molar-refractivity contribution in [2.45, 2.75) is 30.9 Å². The minimum Gasteiger partial charge on any atom is -0.460 e. The Morgan fingerprint density at radius 3 is 2.27 bits per heavy atom. The van der Waals surface area contributed by atoms with Gasteiger partial charge in [-0.2, -0.15) is 8.42 Å². The van der Waals surface area contributed by atoms with E-state index < -0.39 is 28.2 Å². The van der Waals surface area contributed by atoms with E-state index >= 15 is 0 Å². The number of aliphatic hydroxyl groups is 1. The number of ether oxygens (including phenoxy) is 1. The van der Waals surface area contributed by atoms with Gasteiger partial charge in [-0.25, -0.2) is 0 Å². The van der Waals surface area contributed by atoms with Crippen LogP contribution in [0, 0.1) is 6.92 Å². The van der Waals surface area contributed by atoms with Crippen LogP contribution in [0.15, 0.2) is 41.8 Å². The lowest BCUT2D eigenvalue weighted by Crippen LogP contribution is -2.41. The first-order valence-corrected chi connectivity index (χ1v) is 7.79. The lowest BCUT2D eigenvalue weighted by atomic mass is 10.2. The molecule has 0 unspecified atom stereocenters. The molecule has 4 N–H and O–H groups in total. The maximum absolute atomic E-state index is 10.8. The molecule has 1 aromatic rings. The van der Waals surface area contributed by atoms with Gasteiger partial charge in [-0.15, -0.1) is 0 Å². The molecule has 0 saturated heterocycles. The van der Waals surface area contributed by atoms with Gasteiger partial charge < -0.3 is 15.6 Å². The van der Waals surface area contributed by atoms with E-state index in [2.05, 4.69) is 11.3 Å². The molecule has 0 saturated carbocycles. The monoisotopic (exact) mass is 331 g/mol. The van der Waals surface area contributed by atoms with Crippen molar-refractivity contribution in [3.8, 4) is 0 Å². The van der Waals surface area contributed by atoms with Crippen LogP contribution in [0.5, 0.6) is 0 Å². The first kappa shape index (κ1) is 20.3. The van der Waals surface area contributed by atoms with Crippen LogP contribution in [0.4, 0.5) is 0 Å². The van der Waals surface area contributed by atoms with Crippen LogP contribution < -0.4 is 5.73 Å². The number of carbonyl (C=O) groups is 1. The first-order valence-electron chi connectivity index (χ1n) is 6.35. The Balaban J connectivity index is 0.000000401. The van der Waals surface area contributed by atoms with Gasteiger partial charge in [0, 0.05) is 0 Å². The Hall–Kier alpha value is -1.74. The van der Waals surface area contributed by atoms with Gasteiger partial charge >= 0.3 is 5.97 Å². The summed E-state index contributed by atoms with van der Waals surface area (Å²) in [6, 6.07) is 5.02. The zero-order valence-corrected chi connectivity index (χ0v) is 13.3. The predicted octanol–water partition coefficient (Wildman–Crippen LogP) is 0.665. The standard InChI is InChI=1S/C7H13NO3.C7H8O3S/c1-3-4-11-7(10)6(8)5(2)9;1-6-2-4-7(5-3-6)11(8,9)10/h3,5-6,9H,1,4,8H2,2H3;2-5H,1H3,(H,8,9,10)/t5-,6+;/m1./s1. The van der Waals surface area contributed by atoms with Crippen LogP contribution in [0.1, 0.15) is 12.5 Å². The Labute approximate surface area is 130 Å². The summed E-state index contributed by atoms with van der Waals surface area (Å²) in [4.78, 5) is 10.7. The molecular formula is C14H21NO6S. The van der Waals surface area contributed by atoms with Crippen molar-refractivity contribution in [3.63, 3.8) is 0 Å². The number of esters is 1. The molecule has 1 rings (SSSR count). The number of aryl methyl sites for hydroxylation is 1. The molecule has 0 aliphatic carbocycles. The molecule has 0 fully saturated rings. The van der Waals surface area contributed by atoms with Crippen molar-refractivity contribution >= 4 is 16.1 Å². The molecule has 22 heavy (non-hydrogen) atoms. The van der Waals surface area contributed by atoms with Gasteiger partial charge in [-0.1, -0.05) is 30.4 Å². The Kier molecular flexibility index (Phi) is 8.58. The lowest BCUT2D eigenvalue weighted by Gasteiger charge is -2.12. The van der Waals surface area contributed by atoms with Crippen LogP contribution in [0.2, 0.25) is 0 Å². The van der Waals surface area contributed by atoms with Crippen molar-refractivity contribution in [2.24, 2.45) is 5.73 Å². The molecule has 2 atom stereocenters. The fourth-order valence-corrected chi connectivity index (χ4v) is 1.62. The van der Waals surface area contributed by atoms with E-state index in [0.29, 0.717) is 0 Å². The molecule has 0 aliphatic heterocycles. The minimum atomic E-state index is -4.02.